The highest BCUT2D eigenvalue weighted by molar-refractivity contribution is 6.73. The molecule has 144 valence electrons. The van der Waals surface area contributed by atoms with Crippen molar-refractivity contribution in [2.24, 2.45) is 5.41 Å². The second kappa shape index (κ2) is 6.93. The monoisotopic (exact) mass is 370 g/mol. The van der Waals surface area contributed by atoms with Crippen molar-refractivity contribution in [1.29, 1.82) is 0 Å². The summed E-state index contributed by atoms with van der Waals surface area (Å²) in [6.45, 7) is 7.78. The van der Waals surface area contributed by atoms with Gasteiger partial charge in [0.1, 0.15) is 0 Å². The van der Waals surface area contributed by atoms with Gasteiger partial charge in [-0.05, 0) is 55.9 Å². The van der Waals surface area contributed by atoms with Crippen LogP contribution in [-0.2, 0) is 0 Å². The Morgan fingerprint density at radius 1 is 0.679 bits per heavy atom. The molecule has 0 saturated heterocycles. The standard InChI is InChI=1S/C24H32B2N2/c1-24(2,3)21-16-25(27(4)5)22-17-12-8-10-14-19(17)23(26(21)28(6)7)20-15-11-9-13-18(20)22/h8-16,22-23H,1-7H3/b21-16-. The van der Waals surface area contributed by atoms with Crippen LogP contribution in [0.5, 0.6) is 0 Å². The number of hydrogen-bond donors (Lipinski definition) is 0. The zero-order valence-electron chi connectivity index (χ0n) is 18.4. The van der Waals surface area contributed by atoms with E-state index in [1.807, 2.05) is 0 Å². The van der Waals surface area contributed by atoms with Crippen LogP contribution in [0.4, 0.5) is 0 Å². The molecule has 0 N–H and O–H groups in total. The highest BCUT2D eigenvalue weighted by Crippen LogP contribution is 2.50. The Hall–Kier alpha value is -1.77. The van der Waals surface area contributed by atoms with Crippen molar-refractivity contribution in [1.82, 2.24) is 9.62 Å². The third-order valence-electron chi connectivity index (χ3n) is 6.68. The molecule has 0 saturated carbocycles. The largest absolute Gasteiger partial charge is 0.343 e. The summed E-state index contributed by atoms with van der Waals surface area (Å²) in [4.78, 5) is 4.84. The Bertz CT molecular complexity index is 863. The van der Waals surface area contributed by atoms with Crippen molar-refractivity contribution in [3.05, 3.63) is 82.2 Å². The lowest BCUT2D eigenvalue weighted by Crippen LogP contribution is -2.52. The molecule has 0 fully saturated rings. The van der Waals surface area contributed by atoms with Crippen LogP contribution in [0.25, 0.3) is 0 Å². The molecule has 2 aliphatic heterocycles. The molecule has 0 aromatic heterocycles. The molecule has 0 unspecified atom stereocenters. The summed E-state index contributed by atoms with van der Waals surface area (Å²) in [6, 6.07) is 18.3. The first-order chi connectivity index (χ1) is 13.2. The van der Waals surface area contributed by atoms with Crippen molar-refractivity contribution < 1.29 is 0 Å². The average molecular weight is 370 g/mol. The van der Waals surface area contributed by atoms with Gasteiger partial charge in [-0.1, -0.05) is 74.8 Å². The van der Waals surface area contributed by atoms with Crippen molar-refractivity contribution in [2.75, 3.05) is 28.2 Å². The zero-order valence-corrected chi connectivity index (χ0v) is 18.4. The number of allylic oxidation sites excluding steroid dienone is 1. The Labute approximate surface area is 171 Å². The highest BCUT2D eigenvalue weighted by atomic mass is 15.0. The summed E-state index contributed by atoms with van der Waals surface area (Å²) in [5, 5.41) is 0. The van der Waals surface area contributed by atoms with E-state index in [-0.39, 0.29) is 5.41 Å². The minimum absolute atomic E-state index is 0.116. The van der Waals surface area contributed by atoms with Crippen LogP contribution in [0.3, 0.4) is 0 Å². The first-order valence-corrected chi connectivity index (χ1v) is 10.4. The van der Waals surface area contributed by atoms with Gasteiger partial charge in [-0.3, -0.25) is 0 Å². The van der Waals surface area contributed by atoms with Gasteiger partial charge >= 0.3 is 0 Å². The Balaban J connectivity index is 2.11. The maximum Gasteiger partial charge on any atom is 0.264 e. The number of fused-ring (bicyclic) bond motifs is 2. The van der Waals surface area contributed by atoms with E-state index >= 15 is 0 Å². The molecule has 3 aliphatic rings. The highest BCUT2D eigenvalue weighted by Gasteiger charge is 2.48. The quantitative estimate of drug-likeness (QED) is 0.718. The van der Waals surface area contributed by atoms with Gasteiger partial charge in [0, 0.05) is 11.6 Å². The maximum atomic E-state index is 2.59. The fourth-order valence-corrected chi connectivity index (χ4v) is 5.47. The van der Waals surface area contributed by atoms with Crippen molar-refractivity contribution in [2.45, 2.75) is 32.4 Å². The molecule has 5 rings (SSSR count). The van der Waals surface area contributed by atoms with E-state index in [9.17, 15) is 0 Å². The lowest BCUT2D eigenvalue weighted by Gasteiger charge is -2.47. The van der Waals surface area contributed by atoms with E-state index in [2.05, 4.69) is 113 Å². The molecule has 0 spiro atoms. The van der Waals surface area contributed by atoms with Crippen LogP contribution >= 0.6 is 0 Å². The first kappa shape index (κ1) is 19.5. The summed E-state index contributed by atoms with van der Waals surface area (Å²) in [7, 11) is 8.94. The summed E-state index contributed by atoms with van der Waals surface area (Å²) in [6.07, 6.45) is 0. The Morgan fingerprint density at radius 3 is 1.46 bits per heavy atom. The van der Waals surface area contributed by atoms with Gasteiger partial charge < -0.3 is 9.62 Å². The zero-order chi connectivity index (χ0) is 20.2. The van der Waals surface area contributed by atoms with Crippen LogP contribution in [0.15, 0.2) is 60.0 Å². The van der Waals surface area contributed by atoms with E-state index in [4.69, 9.17) is 0 Å². The fourth-order valence-electron chi connectivity index (χ4n) is 5.47. The molecular weight excluding hydrogens is 338 g/mol. The van der Waals surface area contributed by atoms with E-state index in [1.54, 1.807) is 5.47 Å². The molecule has 0 radical (unpaired) electrons. The van der Waals surface area contributed by atoms with Gasteiger partial charge in [-0.25, -0.2) is 0 Å². The maximum absolute atomic E-state index is 2.59. The first-order valence-electron chi connectivity index (χ1n) is 10.4. The third kappa shape index (κ3) is 2.98. The molecule has 2 heterocycles. The van der Waals surface area contributed by atoms with Gasteiger partial charge in [-0.2, -0.15) is 0 Å². The minimum atomic E-state index is 0.116. The SMILES string of the molecule is CN(C)B1/C=C(/C(C)(C)C)B(N(C)C)C2c3ccccc3C1c1ccccc12. The van der Waals surface area contributed by atoms with E-state index < -0.39 is 0 Å². The lowest BCUT2D eigenvalue weighted by molar-refractivity contribution is 0.506. The minimum Gasteiger partial charge on any atom is -0.343 e. The number of hydrogen-bond acceptors (Lipinski definition) is 2. The van der Waals surface area contributed by atoms with Gasteiger partial charge in [-0.15, -0.1) is 5.98 Å². The smallest absolute Gasteiger partial charge is 0.264 e. The molecular formula is C24H32B2N2. The van der Waals surface area contributed by atoms with Gasteiger partial charge in [0.15, 0.2) is 0 Å². The van der Waals surface area contributed by atoms with Gasteiger partial charge in [0.2, 0.25) is 0 Å². The molecule has 0 atom stereocenters. The second-order valence-corrected chi connectivity index (χ2v) is 9.95. The summed E-state index contributed by atoms with van der Waals surface area (Å²) < 4.78 is 0. The van der Waals surface area contributed by atoms with E-state index in [1.165, 1.54) is 22.3 Å². The Kier molecular flexibility index (Phi) is 4.84. The topological polar surface area (TPSA) is 6.48 Å². The molecule has 2 bridgehead atoms. The van der Waals surface area contributed by atoms with Crippen LogP contribution in [-0.4, -0.2) is 51.5 Å². The summed E-state index contributed by atoms with van der Waals surface area (Å²) in [5.74, 6) is 3.33. The molecule has 1 aliphatic carbocycles. The van der Waals surface area contributed by atoms with Crippen LogP contribution in [0.1, 0.15) is 54.7 Å². The van der Waals surface area contributed by atoms with Crippen LogP contribution in [0.2, 0.25) is 0 Å². The summed E-state index contributed by atoms with van der Waals surface area (Å²) >= 11 is 0. The fraction of sp³-hybridized carbons (Fsp3) is 0.417. The number of rotatable bonds is 2. The predicted molar refractivity (Wildman–Crippen MR) is 123 cm³/mol. The van der Waals surface area contributed by atoms with E-state index in [0.717, 1.165) is 0 Å². The molecule has 4 heteroatoms. The van der Waals surface area contributed by atoms with Gasteiger partial charge in [0.05, 0.1) is 0 Å². The van der Waals surface area contributed by atoms with Crippen molar-refractivity contribution in [3.63, 3.8) is 0 Å². The van der Waals surface area contributed by atoms with Crippen LogP contribution in [0, 0.1) is 5.41 Å². The number of benzene rings is 2. The van der Waals surface area contributed by atoms with Crippen molar-refractivity contribution >= 4 is 13.7 Å². The molecule has 2 nitrogen and oxygen atoms in total. The predicted octanol–water partition coefficient (Wildman–Crippen LogP) is 4.51. The third-order valence-corrected chi connectivity index (χ3v) is 6.68. The van der Waals surface area contributed by atoms with Crippen LogP contribution < -0.4 is 0 Å². The molecule has 0 amide bonds. The lowest BCUT2D eigenvalue weighted by atomic mass is 9.29. The second-order valence-electron chi connectivity index (χ2n) is 9.95. The number of nitrogens with zero attached hydrogens (tertiary/aromatic N) is 2. The van der Waals surface area contributed by atoms with E-state index in [0.29, 0.717) is 25.3 Å². The molecule has 2 aromatic rings. The molecule has 28 heavy (non-hydrogen) atoms. The average Bonchev–Trinajstić information content (AvgIpc) is 2.60. The summed E-state index contributed by atoms with van der Waals surface area (Å²) in [5.41, 5.74) is 7.68. The Morgan fingerprint density at radius 2 is 1.11 bits per heavy atom. The van der Waals surface area contributed by atoms with Crippen molar-refractivity contribution in [3.8, 4) is 0 Å². The van der Waals surface area contributed by atoms with Gasteiger partial charge in [0.25, 0.3) is 13.7 Å². The molecule has 2 aromatic carbocycles. The normalized spacial score (nSPS) is 23.2.